The van der Waals surface area contributed by atoms with Crippen molar-refractivity contribution in [1.82, 2.24) is 9.80 Å². The maximum atomic E-state index is 12.9. The van der Waals surface area contributed by atoms with Crippen LogP contribution in [0.25, 0.3) is 0 Å². The number of benzene rings is 1. The quantitative estimate of drug-likeness (QED) is 0.437. The summed E-state index contributed by atoms with van der Waals surface area (Å²) < 4.78 is 0. The highest BCUT2D eigenvalue weighted by molar-refractivity contribution is 6.25. The van der Waals surface area contributed by atoms with Gasteiger partial charge >= 0.3 is 5.97 Å². The van der Waals surface area contributed by atoms with Crippen molar-refractivity contribution < 1.29 is 34.2 Å². The first-order chi connectivity index (χ1) is 13.4. The molecule has 3 rings (SSSR count). The third-order valence-corrected chi connectivity index (χ3v) is 4.77. The number of nitrogens with one attached hydrogen (secondary N) is 1. The first-order valence-electron chi connectivity index (χ1n) is 8.78. The number of carboxylic acid groups (broad SMARTS) is 1. The maximum absolute atomic E-state index is 12.9. The number of anilines is 1. The van der Waals surface area contributed by atoms with Crippen LogP contribution < -0.4 is 5.32 Å². The number of carbonyl (C=O) groups is 5. The monoisotopic (exact) mass is 389 g/mol. The van der Waals surface area contributed by atoms with Crippen LogP contribution >= 0.6 is 0 Å². The predicted octanol–water partition coefficient (Wildman–Crippen LogP) is 0.0267. The van der Waals surface area contributed by atoms with Crippen LogP contribution in [-0.4, -0.2) is 68.9 Å². The van der Waals surface area contributed by atoms with Crippen LogP contribution in [0.5, 0.6) is 0 Å². The van der Waals surface area contributed by atoms with Crippen molar-refractivity contribution in [2.45, 2.75) is 31.7 Å². The van der Waals surface area contributed by atoms with E-state index in [1.165, 1.54) is 6.07 Å². The summed E-state index contributed by atoms with van der Waals surface area (Å²) in [4.78, 5) is 62.0. The lowest BCUT2D eigenvalue weighted by atomic mass is 10.0. The number of carbonyl (C=O) groups excluding carboxylic acids is 4. The standard InChI is InChI=1S/C18H19N3O7/c22-9-20-13(23)7-6-12(17(20)27)21-16(26)10-3-1-4-11(15(10)18(21)28)19-8-2-5-14(24)25/h1,3-4,12,19,22H,2,5-9H2,(H,24,25). The second-order valence-electron chi connectivity index (χ2n) is 6.49. The minimum absolute atomic E-state index is 0.00100. The summed E-state index contributed by atoms with van der Waals surface area (Å²) in [7, 11) is 0. The topological polar surface area (TPSA) is 144 Å². The normalized spacial score (nSPS) is 19.2. The van der Waals surface area contributed by atoms with Crippen molar-refractivity contribution in [3.63, 3.8) is 0 Å². The number of hydrogen-bond donors (Lipinski definition) is 3. The number of aliphatic carboxylic acids is 1. The number of carboxylic acids is 1. The molecule has 2 aliphatic heterocycles. The van der Waals surface area contributed by atoms with Gasteiger partial charge < -0.3 is 15.5 Å². The Morgan fingerprint density at radius 1 is 1.18 bits per heavy atom. The molecule has 0 radical (unpaired) electrons. The zero-order valence-corrected chi connectivity index (χ0v) is 14.9. The van der Waals surface area contributed by atoms with Crippen LogP contribution in [0.15, 0.2) is 18.2 Å². The SMILES string of the molecule is O=C(O)CCCNc1cccc2c1C(=O)N(C1CCC(=O)N(CO)C1=O)C2=O. The van der Waals surface area contributed by atoms with Gasteiger partial charge in [0.1, 0.15) is 12.8 Å². The molecule has 3 N–H and O–H groups in total. The van der Waals surface area contributed by atoms with Crippen molar-refractivity contribution in [2.24, 2.45) is 0 Å². The van der Waals surface area contributed by atoms with Crippen molar-refractivity contribution in [2.75, 3.05) is 18.6 Å². The van der Waals surface area contributed by atoms with E-state index in [0.29, 0.717) is 23.6 Å². The van der Waals surface area contributed by atoms with Crippen LogP contribution in [0.4, 0.5) is 5.69 Å². The zero-order valence-electron chi connectivity index (χ0n) is 14.9. The van der Waals surface area contributed by atoms with Crippen LogP contribution in [0.3, 0.4) is 0 Å². The molecular formula is C18H19N3O7. The van der Waals surface area contributed by atoms with Crippen molar-refractivity contribution in [3.8, 4) is 0 Å². The van der Waals surface area contributed by atoms with Gasteiger partial charge in [-0.1, -0.05) is 6.07 Å². The fraction of sp³-hybridized carbons (Fsp3) is 0.389. The fourth-order valence-electron chi connectivity index (χ4n) is 3.41. The number of rotatable bonds is 7. The molecule has 1 aromatic rings. The minimum atomic E-state index is -1.16. The van der Waals surface area contributed by atoms with Gasteiger partial charge in [0.25, 0.3) is 17.7 Å². The first kappa shape index (κ1) is 19.5. The Morgan fingerprint density at radius 2 is 1.93 bits per heavy atom. The van der Waals surface area contributed by atoms with E-state index in [4.69, 9.17) is 5.11 Å². The van der Waals surface area contributed by atoms with E-state index in [9.17, 15) is 29.1 Å². The van der Waals surface area contributed by atoms with Crippen LogP contribution in [0, 0.1) is 0 Å². The smallest absolute Gasteiger partial charge is 0.303 e. The molecule has 1 saturated heterocycles. The molecule has 10 heteroatoms. The van der Waals surface area contributed by atoms with Gasteiger partial charge in [0.2, 0.25) is 5.91 Å². The number of fused-ring (bicyclic) bond motifs is 1. The first-order valence-corrected chi connectivity index (χ1v) is 8.78. The van der Waals surface area contributed by atoms with Crippen LogP contribution in [-0.2, 0) is 14.4 Å². The molecule has 0 aliphatic carbocycles. The highest BCUT2D eigenvalue weighted by Crippen LogP contribution is 2.33. The van der Waals surface area contributed by atoms with Gasteiger partial charge in [-0.2, -0.15) is 0 Å². The molecule has 28 heavy (non-hydrogen) atoms. The number of piperidine rings is 1. The summed E-state index contributed by atoms with van der Waals surface area (Å²) in [5, 5.41) is 20.9. The fourth-order valence-corrected chi connectivity index (χ4v) is 3.41. The molecule has 148 valence electrons. The molecule has 0 spiro atoms. The molecule has 0 saturated carbocycles. The number of amides is 4. The van der Waals surface area contributed by atoms with E-state index in [0.717, 1.165) is 4.90 Å². The van der Waals surface area contributed by atoms with Crippen molar-refractivity contribution in [1.29, 1.82) is 0 Å². The van der Waals surface area contributed by atoms with Gasteiger partial charge in [0.15, 0.2) is 0 Å². The Morgan fingerprint density at radius 3 is 2.61 bits per heavy atom. The van der Waals surface area contributed by atoms with E-state index in [1.807, 2.05) is 0 Å². The highest BCUT2D eigenvalue weighted by Gasteiger charge is 2.47. The number of imide groups is 2. The lowest BCUT2D eigenvalue weighted by Gasteiger charge is -2.33. The Labute approximate surface area is 159 Å². The summed E-state index contributed by atoms with van der Waals surface area (Å²) in [5.74, 6) is -3.58. The summed E-state index contributed by atoms with van der Waals surface area (Å²) in [5.41, 5.74) is 0.624. The zero-order chi connectivity index (χ0) is 20.4. The molecular weight excluding hydrogens is 370 g/mol. The molecule has 0 bridgehead atoms. The molecule has 1 unspecified atom stereocenters. The summed E-state index contributed by atoms with van der Waals surface area (Å²) >= 11 is 0. The molecule has 10 nitrogen and oxygen atoms in total. The van der Waals surface area contributed by atoms with Gasteiger partial charge in [0, 0.05) is 25.1 Å². The summed E-state index contributed by atoms with van der Waals surface area (Å²) in [6, 6.07) is 3.50. The number of aliphatic hydroxyl groups is 1. The third-order valence-electron chi connectivity index (χ3n) is 4.77. The third kappa shape index (κ3) is 3.33. The lowest BCUT2D eigenvalue weighted by Crippen LogP contribution is -2.56. The lowest BCUT2D eigenvalue weighted by molar-refractivity contribution is -0.156. The average Bonchev–Trinajstić information content (AvgIpc) is 2.91. The Balaban J connectivity index is 1.83. The van der Waals surface area contributed by atoms with Gasteiger partial charge in [-0.25, -0.2) is 0 Å². The molecule has 2 aliphatic rings. The number of hydrogen-bond acceptors (Lipinski definition) is 7. The summed E-state index contributed by atoms with van der Waals surface area (Å²) in [6.45, 7) is -0.521. The van der Waals surface area contributed by atoms with E-state index >= 15 is 0 Å². The Hall–Kier alpha value is -3.27. The average molecular weight is 389 g/mol. The molecule has 1 atom stereocenters. The van der Waals surface area contributed by atoms with Crippen molar-refractivity contribution in [3.05, 3.63) is 29.3 Å². The van der Waals surface area contributed by atoms with E-state index < -0.39 is 42.4 Å². The second-order valence-corrected chi connectivity index (χ2v) is 6.49. The second kappa shape index (κ2) is 7.77. The van der Waals surface area contributed by atoms with E-state index in [2.05, 4.69) is 5.32 Å². The van der Waals surface area contributed by atoms with E-state index in [1.54, 1.807) is 12.1 Å². The molecule has 4 amide bonds. The minimum Gasteiger partial charge on any atom is -0.481 e. The molecule has 2 heterocycles. The Bertz CT molecular complexity index is 867. The molecule has 1 aromatic carbocycles. The van der Waals surface area contributed by atoms with Gasteiger partial charge in [-0.3, -0.25) is 33.8 Å². The predicted molar refractivity (Wildman–Crippen MR) is 94.3 cm³/mol. The number of likely N-dealkylation sites (tertiary alicyclic amines) is 1. The van der Waals surface area contributed by atoms with E-state index in [-0.39, 0.29) is 30.4 Å². The maximum Gasteiger partial charge on any atom is 0.303 e. The van der Waals surface area contributed by atoms with Crippen LogP contribution in [0.2, 0.25) is 0 Å². The summed E-state index contributed by atoms with van der Waals surface area (Å²) in [6.07, 6.45) is 0.230. The number of nitrogens with zero attached hydrogens (tertiary/aromatic N) is 2. The largest absolute Gasteiger partial charge is 0.481 e. The van der Waals surface area contributed by atoms with Gasteiger partial charge in [-0.05, 0) is 25.0 Å². The molecule has 1 fully saturated rings. The van der Waals surface area contributed by atoms with Gasteiger partial charge in [-0.15, -0.1) is 0 Å². The van der Waals surface area contributed by atoms with Gasteiger partial charge in [0.05, 0.1) is 11.1 Å². The highest BCUT2D eigenvalue weighted by atomic mass is 16.4. The van der Waals surface area contributed by atoms with Crippen molar-refractivity contribution >= 4 is 35.3 Å². The molecule has 0 aromatic heterocycles. The van der Waals surface area contributed by atoms with Crippen LogP contribution in [0.1, 0.15) is 46.4 Å². The Kier molecular flexibility index (Phi) is 5.41. The number of aliphatic hydroxyl groups excluding tert-OH is 1.